The van der Waals surface area contributed by atoms with Crippen LogP contribution in [0.2, 0.25) is 0 Å². The smallest absolute Gasteiger partial charge is 0.277 e. The van der Waals surface area contributed by atoms with Crippen molar-refractivity contribution in [3.63, 3.8) is 0 Å². The van der Waals surface area contributed by atoms with Gasteiger partial charge in [-0.15, -0.1) is 0 Å². The van der Waals surface area contributed by atoms with Crippen molar-refractivity contribution >= 4 is 17.8 Å². The van der Waals surface area contributed by atoms with Gasteiger partial charge in [0.15, 0.2) is 0 Å². The molecule has 0 unspecified atom stereocenters. The molecule has 1 aliphatic heterocycles. The van der Waals surface area contributed by atoms with Crippen LogP contribution in [-0.2, 0) is 9.59 Å². The number of amides is 4. The molecule has 0 aromatic rings. The molecule has 1 heterocycles. The molecule has 0 bridgehead atoms. The third-order valence-electron chi connectivity index (χ3n) is 2.13. The Labute approximate surface area is 84.4 Å². The molecule has 0 aromatic heterocycles. The normalized spacial score (nSPS) is 20.9. The maximum atomic E-state index is 12.1. The molecule has 4 amide bonds. The van der Waals surface area contributed by atoms with Crippen molar-refractivity contribution < 1.29 is 23.2 Å². The molecule has 1 aliphatic rings. The molecule has 84 valence electrons. The third-order valence-corrected chi connectivity index (χ3v) is 2.13. The second kappa shape index (κ2) is 3.56. The van der Waals surface area contributed by atoms with Crippen LogP contribution in [0.4, 0.5) is 13.6 Å². The zero-order valence-electron chi connectivity index (χ0n) is 8.21. The highest BCUT2D eigenvalue weighted by Gasteiger charge is 2.47. The second-order valence-electron chi connectivity index (χ2n) is 3.69. The molecule has 1 fully saturated rings. The molecule has 0 saturated carbocycles. The van der Waals surface area contributed by atoms with Crippen molar-refractivity contribution in [3.05, 3.63) is 0 Å². The number of barbiturate groups is 1. The predicted octanol–water partition coefficient (Wildman–Crippen LogP) is 0.356. The second-order valence-corrected chi connectivity index (χ2v) is 3.69. The van der Waals surface area contributed by atoms with E-state index in [1.807, 2.05) is 5.32 Å². The zero-order chi connectivity index (χ0) is 11.8. The molecule has 0 atom stereocenters. The van der Waals surface area contributed by atoms with Crippen molar-refractivity contribution in [2.45, 2.75) is 20.3 Å². The number of alkyl halides is 2. The van der Waals surface area contributed by atoms with Crippen molar-refractivity contribution in [3.8, 4) is 0 Å². The summed E-state index contributed by atoms with van der Waals surface area (Å²) in [4.78, 5) is 34.1. The lowest BCUT2D eigenvalue weighted by Crippen LogP contribution is -2.62. The highest BCUT2D eigenvalue weighted by Crippen LogP contribution is 2.23. The number of carbonyl (C=O) groups is 3. The molecule has 0 aliphatic carbocycles. The highest BCUT2D eigenvalue weighted by molar-refractivity contribution is 6.18. The molecule has 0 spiro atoms. The fourth-order valence-electron chi connectivity index (χ4n) is 1.15. The van der Waals surface area contributed by atoms with Gasteiger partial charge in [0.05, 0.1) is 6.54 Å². The van der Waals surface area contributed by atoms with Crippen LogP contribution in [0.15, 0.2) is 0 Å². The van der Waals surface area contributed by atoms with Gasteiger partial charge < -0.3 is 0 Å². The standard InChI is InChI=1S/C8H10F2N2O3/c1-8(2)5(13)11-7(15)12(6(8)14)3-4(9)10/h4H,3H2,1-2H3,(H,11,13,15). The van der Waals surface area contributed by atoms with Crippen LogP contribution < -0.4 is 5.32 Å². The minimum Gasteiger partial charge on any atom is -0.277 e. The Morgan fingerprint density at radius 1 is 1.33 bits per heavy atom. The predicted molar refractivity (Wildman–Crippen MR) is 45.0 cm³/mol. The Hall–Kier alpha value is -1.53. The van der Waals surface area contributed by atoms with Gasteiger partial charge in [-0.05, 0) is 13.8 Å². The van der Waals surface area contributed by atoms with E-state index < -0.39 is 36.2 Å². The van der Waals surface area contributed by atoms with Gasteiger partial charge in [-0.1, -0.05) is 0 Å². The summed E-state index contributed by atoms with van der Waals surface area (Å²) in [6.07, 6.45) is -2.82. The lowest BCUT2D eigenvalue weighted by atomic mass is 9.89. The minimum atomic E-state index is -2.82. The molecular formula is C8H10F2N2O3. The van der Waals surface area contributed by atoms with Crippen LogP contribution in [0, 0.1) is 5.41 Å². The molecule has 0 aromatic carbocycles. The Bertz CT molecular complexity index is 328. The molecule has 1 N–H and O–H groups in total. The van der Waals surface area contributed by atoms with Crippen LogP contribution in [-0.4, -0.2) is 35.7 Å². The molecule has 15 heavy (non-hydrogen) atoms. The SMILES string of the molecule is CC1(C)C(=O)NC(=O)N(CC(F)F)C1=O. The molecule has 7 heteroatoms. The van der Waals surface area contributed by atoms with Crippen LogP contribution >= 0.6 is 0 Å². The number of halogens is 2. The van der Waals surface area contributed by atoms with Crippen molar-refractivity contribution in [2.75, 3.05) is 6.54 Å². The Balaban J connectivity index is 2.94. The highest BCUT2D eigenvalue weighted by atomic mass is 19.3. The van der Waals surface area contributed by atoms with Crippen LogP contribution in [0.1, 0.15) is 13.8 Å². The number of urea groups is 1. The number of imide groups is 2. The van der Waals surface area contributed by atoms with E-state index in [4.69, 9.17) is 0 Å². The number of nitrogens with one attached hydrogen (secondary N) is 1. The average Bonchev–Trinajstić information content (AvgIpc) is 2.10. The fraction of sp³-hybridized carbons (Fsp3) is 0.625. The minimum absolute atomic E-state index is 0.353. The maximum absolute atomic E-state index is 12.1. The van der Waals surface area contributed by atoms with Crippen molar-refractivity contribution in [2.24, 2.45) is 5.41 Å². The van der Waals surface area contributed by atoms with Gasteiger partial charge in [-0.2, -0.15) is 0 Å². The maximum Gasteiger partial charge on any atom is 0.330 e. The number of hydrogen-bond acceptors (Lipinski definition) is 3. The quantitative estimate of drug-likeness (QED) is 0.683. The molecule has 1 rings (SSSR count). The summed E-state index contributed by atoms with van der Waals surface area (Å²) in [5, 5.41) is 1.85. The van der Waals surface area contributed by atoms with E-state index in [0.29, 0.717) is 4.90 Å². The summed E-state index contributed by atoms with van der Waals surface area (Å²) in [5.41, 5.74) is -1.48. The van der Waals surface area contributed by atoms with Crippen LogP contribution in [0.3, 0.4) is 0 Å². The number of nitrogens with zero attached hydrogens (tertiary/aromatic N) is 1. The average molecular weight is 220 g/mol. The van der Waals surface area contributed by atoms with Gasteiger partial charge in [-0.25, -0.2) is 13.6 Å². The van der Waals surface area contributed by atoms with E-state index in [9.17, 15) is 23.2 Å². The summed E-state index contributed by atoms with van der Waals surface area (Å²) in [6, 6.07) is -1.09. The van der Waals surface area contributed by atoms with Crippen LogP contribution in [0.5, 0.6) is 0 Å². The van der Waals surface area contributed by atoms with E-state index in [0.717, 1.165) is 0 Å². The van der Waals surface area contributed by atoms with Gasteiger partial charge in [0.25, 0.3) is 6.43 Å². The Morgan fingerprint density at radius 3 is 2.33 bits per heavy atom. The summed E-state index contributed by atoms with van der Waals surface area (Å²) in [6.45, 7) is 1.55. The first kappa shape index (κ1) is 11.5. The Kier molecular flexibility index (Phi) is 2.74. The van der Waals surface area contributed by atoms with E-state index in [-0.39, 0.29) is 0 Å². The monoisotopic (exact) mass is 220 g/mol. The first-order valence-electron chi connectivity index (χ1n) is 4.22. The molecular weight excluding hydrogens is 210 g/mol. The molecule has 5 nitrogen and oxygen atoms in total. The zero-order valence-corrected chi connectivity index (χ0v) is 8.21. The first-order valence-corrected chi connectivity index (χ1v) is 4.22. The van der Waals surface area contributed by atoms with Crippen molar-refractivity contribution in [1.82, 2.24) is 10.2 Å². The van der Waals surface area contributed by atoms with Gasteiger partial charge >= 0.3 is 6.03 Å². The molecule has 1 saturated heterocycles. The van der Waals surface area contributed by atoms with Gasteiger partial charge in [0.1, 0.15) is 5.41 Å². The van der Waals surface area contributed by atoms with E-state index in [2.05, 4.69) is 0 Å². The lowest BCUT2D eigenvalue weighted by molar-refractivity contribution is -0.150. The topological polar surface area (TPSA) is 66.5 Å². The number of carbonyl (C=O) groups excluding carboxylic acids is 3. The van der Waals surface area contributed by atoms with E-state index >= 15 is 0 Å². The van der Waals surface area contributed by atoms with Crippen LogP contribution in [0.25, 0.3) is 0 Å². The fourth-order valence-corrected chi connectivity index (χ4v) is 1.15. The first-order chi connectivity index (χ1) is 6.76. The van der Waals surface area contributed by atoms with Gasteiger partial charge in [0, 0.05) is 0 Å². The summed E-state index contributed by atoms with van der Waals surface area (Å²) in [7, 11) is 0. The molecule has 0 radical (unpaired) electrons. The number of rotatable bonds is 2. The summed E-state index contributed by atoms with van der Waals surface area (Å²) >= 11 is 0. The number of hydrogen-bond donors (Lipinski definition) is 1. The van der Waals surface area contributed by atoms with Gasteiger partial charge in [-0.3, -0.25) is 19.8 Å². The summed E-state index contributed by atoms with van der Waals surface area (Å²) in [5.74, 6) is -1.68. The third kappa shape index (κ3) is 1.95. The Morgan fingerprint density at radius 2 is 1.87 bits per heavy atom. The van der Waals surface area contributed by atoms with E-state index in [1.54, 1.807) is 0 Å². The van der Waals surface area contributed by atoms with E-state index in [1.165, 1.54) is 13.8 Å². The lowest BCUT2D eigenvalue weighted by Gasteiger charge is -2.34. The largest absolute Gasteiger partial charge is 0.330 e. The van der Waals surface area contributed by atoms with Gasteiger partial charge in [0.2, 0.25) is 11.8 Å². The van der Waals surface area contributed by atoms with Crippen molar-refractivity contribution in [1.29, 1.82) is 0 Å². The summed E-state index contributed by atoms with van der Waals surface area (Å²) < 4.78 is 24.1.